The number of para-hydroxylation sites is 1. The Labute approximate surface area is 145 Å². The number of aryl methyl sites for hydroxylation is 1. The number of hydrogen-bond acceptors (Lipinski definition) is 2. The number of carbonyl (C=O) groups is 1. The van der Waals surface area contributed by atoms with E-state index in [1.54, 1.807) is 16.8 Å². The Morgan fingerprint density at radius 1 is 1.12 bits per heavy atom. The van der Waals surface area contributed by atoms with E-state index in [9.17, 15) is 9.18 Å². The Morgan fingerprint density at radius 2 is 1.88 bits per heavy atom. The first-order chi connectivity index (χ1) is 12.1. The third-order valence-electron chi connectivity index (χ3n) is 3.81. The average molecular weight is 338 g/mol. The van der Waals surface area contributed by atoms with Crippen molar-refractivity contribution in [2.24, 2.45) is 7.05 Å². The Bertz CT molecular complexity index is 858. The summed E-state index contributed by atoms with van der Waals surface area (Å²) < 4.78 is 15.2. The normalized spacial score (nSPS) is 10.5. The lowest BCUT2D eigenvalue weighted by Gasteiger charge is -2.08. The topological polar surface area (TPSA) is 59.0 Å². The number of urea groups is 1. The van der Waals surface area contributed by atoms with E-state index in [0.717, 1.165) is 16.7 Å². The number of rotatable bonds is 5. The number of benzene rings is 2. The van der Waals surface area contributed by atoms with Gasteiger partial charge in [-0.2, -0.15) is 5.10 Å². The molecule has 0 atom stereocenters. The molecule has 3 rings (SSSR count). The second-order valence-corrected chi connectivity index (χ2v) is 5.71. The van der Waals surface area contributed by atoms with Crippen molar-refractivity contribution in [3.05, 3.63) is 72.3 Å². The summed E-state index contributed by atoms with van der Waals surface area (Å²) in [5, 5.41) is 9.38. The molecular formula is C19H19FN4O. The fraction of sp³-hybridized carbons (Fsp3) is 0.158. The third kappa shape index (κ3) is 4.44. The summed E-state index contributed by atoms with van der Waals surface area (Å²) in [6.07, 6.45) is 4.48. The third-order valence-corrected chi connectivity index (χ3v) is 3.81. The first-order valence-electron chi connectivity index (χ1n) is 7.99. The van der Waals surface area contributed by atoms with Crippen LogP contribution in [0.25, 0.3) is 11.1 Å². The van der Waals surface area contributed by atoms with Crippen molar-refractivity contribution < 1.29 is 9.18 Å². The van der Waals surface area contributed by atoms with Crippen molar-refractivity contribution in [2.75, 3.05) is 11.9 Å². The SMILES string of the molecule is Cn1cc(-c2ccc(CCNC(=O)Nc3ccccc3F)cc2)cn1. The molecule has 2 N–H and O–H groups in total. The number of amides is 2. The molecule has 0 bridgehead atoms. The molecule has 0 aliphatic carbocycles. The van der Waals surface area contributed by atoms with Gasteiger partial charge in [0.2, 0.25) is 0 Å². The van der Waals surface area contributed by atoms with Crippen LogP contribution in [0.15, 0.2) is 60.9 Å². The molecule has 6 heteroatoms. The maximum Gasteiger partial charge on any atom is 0.319 e. The van der Waals surface area contributed by atoms with Gasteiger partial charge in [-0.25, -0.2) is 9.18 Å². The van der Waals surface area contributed by atoms with E-state index in [1.165, 1.54) is 12.1 Å². The molecule has 2 aromatic carbocycles. The van der Waals surface area contributed by atoms with Gasteiger partial charge in [0.05, 0.1) is 11.9 Å². The maximum atomic E-state index is 13.5. The summed E-state index contributed by atoms with van der Waals surface area (Å²) in [4.78, 5) is 11.8. The Balaban J connectivity index is 1.49. The van der Waals surface area contributed by atoms with Crippen LogP contribution in [0.3, 0.4) is 0 Å². The predicted molar refractivity (Wildman–Crippen MR) is 95.8 cm³/mol. The van der Waals surface area contributed by atoms with Crippen LogP contribution >= 0.6 is 0 Å². The van der Waals surface area contributed by atoms with Gasteiger partial charge in [0.25, 0.3) is 0 Å². The van der Waals surface area contributed by atoms with Crippen LogP contribution in [0.4, 0.5) is 14.9 Å². The molecule has 5 nitrogen and oxygen atoms in total. The predicted octanol–water partition coefficient (Wildman–Crippen LogP) is 3.59. The van der Waals surface area contributed by atoms with Crippen molar-refractivity contribution in [1.82, 2.24) is 15.1 Å². The van der Waals surface area contributed by atoms with Gasteiger partial charge in [-0.05, 0) is 29.7 Å². The summed E-state index contributed by atoms with van der Waals surface area (Å²) in [7, 11) is 1.88. The largest absolute Gasteiger partial charge is 0.338 e. The number of nitrogens with zero attached hydrogens (tertiary/aromatic N) is 2. The van der Waals surface area contributed by atoms with E-state index in [2.05, 4.69) is 15.7 Å². The van der Waals surface area contributed by atoms with Crippen LogP contribution in [0.5, 0.6) is 0 Å². The number of halogens is 1. The highest BCUT2D eigenvalue weighted by atomic mass is 19.1. The van der Waals surface area contributed by atoms with Crippen LogP contribution in [-0.2, 0) is 13.5 Å². The van der Waals surface area contributed by atoms with E-state index in [4.69, 9.17) is 0 Å². The number of nitrogens with one attached hydrogen (secondary N) is 2. The van der Waals surface area contributed by atoms with Gasteiger partial charge in [0.1, 0.15) is 5.82 Å². The fourth-order valence-corrected chi connectivity index (χ4v) is 2.48. The first kappa shape index (κ1) is 16.7. The molecule has 0 spiro atoms. The lowest BCUT2D eigenvalue weighted by atomic mass is 10.1. The number of carbonyl (C=O) groups excluding carboxylic acids is 1. The zero-order chi connectivity index (χ0) is 17.6. The average Bonchev–Trinajstić information content (AvgIpc) is 3.04. The van der Waals surface area contributed by atoms with Crippen molar-refractivity contribution in [1.29, 1.82) is 0 Å². The van der Waals surface area contributed by atoms with E-state index in [-0.39, 0.29) is 5.69 Å². The number of anilines is 1. The molecule has 0 aliphatic heterocycles. The molecule has 0 fully saturated rings. The van der Waals surface area contributed by atoms with Gasteiger partial charge in [-0.1, -0.05) is 36.4 Å². The molecule has 25 heavy (non-hydrogen) atoms. The van der Waals surface area contributed by atoms with Gasteiger partial charge in [0, 0.05) is 25.4 Å². The standard InChI is InChI=1S/C19H19FN4O/c1-24-13-16(12-22-24)15-8-6-14(7-9-15)10-11-21-19(25)23-18-5-3-2-4-17(18)20/h2-9,12-13H,10-11H2,1H3,(H2,21,23,25). The zero-order valence-corrected chi connectivity index (χ0v) is 13.9. The molecule has 0 saturated carbocycles. The van der Waals surface area contributed by atoms with Crippen molar-refractivity contribution in [3.63, 3.8) is 0 Å². The molecule has 0 unspecified atom stereocenters. The van der Waals surface area contributed by atoms with Gasteiger partial charge in [-0.15, -0.1) is 0 Å². The highest BCUT2D eigenvalue weighted by Gasteiger charge is 2.05. The zero-order valence-electron chi connectivity index (χ0n) is 13.9. The lowest BCUT2D eigenvalue weighted by Crippen LogP contribution is -2.30. The van der Waals surface area contributed by atoms with E-state index in [1.807, 2.05) is 43.7 Å². The van der Waals surface area contributed by atoms with Gasteiger partial charge < -0.3 is 10.6 Å². The van der Waals surface area contributed by atoms with Crippen LogP contribution in [0.1, 0.15) is 5.56 Å². The molecule has 128 valence electrons. The highest BCUT2D eigenvalue weighted by molar-refractivity contribution is 5.89. The summed E-state index contributed by atoms with van der Waals surface area (Å²) in [6, 6.07) is 13.8. The van der Waals surface area contributed by atoms with Crippen LogP contribution in [-0.4, -0.2) is 22.4 Å². The smallest absolute Gasteiger partial charge is 0.319 e. The molecule has 0 radical (unpaired) electrons. The van der Waals surface area contributed by atoms with E-state index < -0.39 is 11.8 Å². The first-order valence-corrected chi connectivity index (χ1v) is 7.99. The van der Waals surface area contributed by atoms with Crippen LogP contribution < -0.4 is 10.6 Å². The second-order valence-electron chi connectivity index (χ2n) is 5.71. The highest BCUT2D eigenvalue weighted by Crippen LogP contribution is 2.18. The summed E-state index contributed by atoms with van der Waals surface area (Å²) in [5.74, 6) is -0.455. The molecule has 1 aromatic heterocycles. The molecule has 2 amide bonds. The van der Waals surface area contributed by atoms with Crippen LogP contribution in [0.2, 0.25) is 0 Å². The van der Waals surface area contributed by atoms with Gasteiger partial charge in [0.15, 0.2) is 0 Å². The Morgan fingerprint density at radius 3 is 2.56 bits per heavy atom. The van der Waals surface area contributed by atoms with E-state index >= 15 is 0 Å². The molecule has 0 saturated heterocycles. The minimum atomic E-state index is -0.455. The fourth-order valence-electron chi connectivity index (χ4n) is 2.48. The quantitative estimate of drug-likeness (QED) is 0.747. The monoisotopic (exact) mass is 338 g/mol. The van der Waals surface area contributed by atoms with E-state index in [0.29, 0.717) is 13.0 Å². The van der Waals surface area contributed by atoms with Crippen molar-refractivity contribution >= 4 is 11.7 Å². The van der Waals surface area contributed by atoms with Gasteiger partial charge in [-0.3, -0.25) is 4.68 Å². The van der Waals surface area contributed by atoms with Gasteiger partial charge >= 0.3 is 6.03 Å². The molecular weight excluding hydrogens is 319 g/mol. The Kier molecular flexibility index (Phi) is 5.09. The number of hydrogen-bond donors (Lipinski definition) is 2. The summed E-state index contributed by atoms with van der Waals surface area (Å²) in [6.45, 7) is 0.465. The summed E-state index contributed by atoms with van der Waals surface area (Å²) in [5.41, 5.74) is 3.44. The maximum absolute atomic E-state index is 13.5. The van der Waals surface area contributed by atoms with Crippen molar-refractivity contribution in [2.45, 2.75) is 6.42 Å². The molecule has 1 heterocycles. The van der Waals surface area contributed by atoms with Crippen molar-refractivity contribution in [3.8, 4) is 11.1 Å². The minimum absolute atomic E-state index is 0.167. The lowest BCUT2D eigenvalue weighted by molar-refractivity contribution is 0.252. The molecule has 0 aliphatic rings. The Hall–Kier alpha value is -3.15. The molecule has 3 aromatic rings. The summed E-state index contributed by atoms with van der Waals surface area (Å²) >= 11 is 0. The van der Waals surface area contributed by atoms with Crippen LogP contribution in [0, 0.1) is 5.82 Å². The second kappa shape index (κ2) is 7.61. The minimum Gasteiger partial charge on any atom is -0.338 e. The number of aromatic nitrogens is 2.